The van der Waals surface area contributed by atoms with Crippen molar-refractivity contribution in [2.75, 3.05) is 23.9 Å². The highest BCUT2D eigenvalue weighted by Crippen LogP contribution is 2.28. The van der Waals surface area contributed by atoms with Crippen LogP contribution in [0.15, 0.2) is 18.2 Å². The number of nitro groups is 1. The highest BCUT2D eigenvalue weighted by Gasteiger charge is 2.17. The zero-order chi connectivity index (χ0) is 15.0. The largest absolute Gasteiger partial charge is 0.496 e. The van der Waals surface area contributed by atoms with Crippen LogP contribution in [0, 0.1) is 21.4 Å². The van der Waals surface area contributed by atoms with E-state index in [0.717, 1.165) is 0 Å². The molecule has 1 aromatic rings. The second-order valence-electron chi connectivity index (χ2n) is 3.65. The quantitative estimate of drug-likeness (QED) is 0.469. The Labute approximate surface area is 120 Å². The van der Waals surface area contributed by atoms with Crippen molar-refractivity contribution in [2.45, 2.75) is 6.42 Å². The van der Waals surface area contributed by atoms with E-state index in [2.05, 4.69) is 5.32 Å². The van der Waals surface area contributed by atoms with Gasteiger partial charge in [-0.3, -0.25) is 14.9 Å². The molecule has 0 bridgehead atoms. The third-order valence-corrected chi connectivity index (χ3v) is 3.23. The van der Waals surface area contributed by atoms with E-state index in [0.29, 0.717) is 17.9 Å². The van der Waals surface area contributed by atoms with Gasteiger partial charge in [-0.1, -0.05) is 0 Å². The molecule has 8 heteroatoms. The molecule has 0 saturated heterocycles. The Kier molecular flexibility index (Phi) is 6.32. The van der Waals surface area contributed by atoms with Gasteiger partial charge in [-0.25, -0.2) is 0 Å². The molecule has 0 aromatic heterocycles. The first-order chi connectivity index (χ1) is 9.58. The summed E-state index contributed by atoms with van der Waals surface area (Å²) in [7, 11) is 1.41. The highest BCUT2D eigenvalue weighted by molar-refractivity contribution is 7.99. The summed E-state index contributed by atoms with van der Waals surface area (Å²) in [6, 6.07) is 6.18. The number of carbonyl (C=O) groups excluding carboxylic acids is 1. The van der Waals surface area contributed by atoms with Gasteiger partial charge < -0.3 is 10.1 Å². The minimum atomic E-state index is -0.582. The third kappa shape index (κ3) is 4.78. The summed E-state index contributed by atoms with van der Waals surface area (Å²) in [5, 5.41) is 21.8. The number of nitrogens with zero attached hydrogens (tertiary/aromatic N) is 2. The number of rotatable bonds is 7. The van der Waals surface area contributed by atoms with Crippen molar-refractivity contribution in [3.63, 3.8) is 0 Å². The fourth-order valence-electron chi connectivity index (χ4n) is 1.36. The Morgan fingerprint density at radius 1 is 1.60 bits per heavy atom. The van der Waals surface area contributed by atoms with Crippen LogP contribution >= 0.6 is 11.8 Å². The van der Waals surface area contributed by atoms with Gasteiger partial charge in [0.25, 0.3) is 5.69 Å². The lowest BCUT2D eigenvalue weighted by Gasteiger charge is -2.07. The summed E-state index contributed by atoms with van der Waals surface area (Å²) in [6.45, 7) is 0. The zero-order valence-electron chi connectivity index (χ0n) is 10.8. The Morgan fingerprint density at radius 2 is 2.35 bits per heavy atom. The first-order valence-corrected chi connectivity index (χ1v) is 6.81. The molecular formula is C12H13N3O4S. The predicted octanol–water partition coefficient (Wildman–Crippen LogP) is 2.19. The van der Waals surface area contributed by atoms with E-state index in [1.807, 2.05) is 6.07 Å². The van der Waals surface area contributed by atoms with Crippen LogP contribution in [0.5, 0.6) is 5.75 Å². The van der Waals surface area contributed by atoms with Crippen molar-refractivity contribution in [3.05, 3.63) is 28.3 Å². The van der Waals surface area contributed by atoms with Crippen LogP contribution in [0.1, 0.15) is 6.42 Å². The summed E-state index contributed by atoms with van der Waals surface area (Å²) in [6.07, 6.45) is 0.362. The molecule has 0 radical (unpaired) electrons. The summed E-state index contributed by atoms with van der Waals surface area (Å²) >= 11 is 1.30. The van der Waals surface area contributed by atoms with E-state index >= 15 is 0 Å². The van der Waals surface area contributed by atoms with Gasteiger partial charge in [-0.2, -0.15) is 17.0 Å². The molecule has 0 aliphatic heterocycles. The summed E-state index contributed by atoms with van der Waals surface area (Å²) in [5.41, 5.74) is -0.0959. The van der Waals surface area contributed by atoms with E-state index < -0.39 is 4.92 Å². The second-order valence-corrected chi connectivity index (χ2v) is 4.75. The Hall–Kier alpha value is -2.27. The molecule has 1 amide bonds. The lowest BCUT2D eigenvalue weighted by molar-refractivity contribution is -0.384. The van der Waals surface area contributed by atoms with Gasteiger partial charge in [-0.05, 0) is 12.1 Å². The van der Waals surface area contributed by atoms with Crippen molar-refractivity contribution in [2.24, 2.45) is 0 Å². The summed E-state index contributed by atoms with van der Waals surface area (Å²) in [4.78, 5) is 22.0. The average Bonchev–Trinajstić information content (AvgIpc) is 2.43. The number of thioether (sulfide) groups is 1. The molecule has 1 N–H and O–H groups in total. The minimum Gasteiger partial charge on any atom is -0.496 e. The van der Waals surface area contributed by atoms with Crippen LogP contribution in [-0.2, 0) is 4.79 Å². The third-order valence-electron chi connectivity index (χ3n) is 2.27. The van der Waals surface area contributed by atoms with Crippen molar-refractivity contribution < 1.29 is 14.5 Å². The number of ether oxygens (including phenoxy) is 1. The molecule has 0 unspecified atom stereocenters. The van der Waals surface area contributed by atoms with E-state index in [9.17, 15) is 14.9 Å². The molecule has 20 heavy (non-hydrogen) atoms. The summed E-state index contributed by atoms with van der Waals surface area (Å²) < 4.78 is 4.90. The van der Waals surface area contributed by atoms with E-state index in [1.54, 1.807) is 0 Å². The van der Waals surface area contributed by atoms with E-state index in [4.69, 9.17) is 10.00 Å². The molecule has 7 nitrogen and oxygen atoms in total. The monoisotopic (exact) mass is 295 g/mol. The molecule has 1 aromatic carbocycles. The SMILES string of the molecule is COc1ccc(NC(=O)CSCCC#N)c([N+](=O)[O-])c1. The molecule has 106 valence electrons. The van der Waals surface area contributed by atoms with Crippen LogP contribution in [0.2, 0.25) is 0 Å². The van der Waals surface area contributed by atoms with Gasteiger partial charge in [0, 0.05) is 12.2 Å². The van der Waals surface area contributed by atoms with Crippen molar-refractivity contribution >= 4 is 29.0 Å². The molecule has 0 saturated carbocycles. The number of nitrogens with one attached hydrogen (secondary N) is 1. The molecule has 0 spiro atoms. The number of hydrogen-bond acceptors (Lipinski definition) is 6. The minimum absolute atomic E-state index is 0.127. The van der Waals surface area contributed by atoms with Crippen molar-refractivity contribution in [3.8, 4) is 11.8 Å². The second kappa shape index (κ2) is 8.01. The molecule has 0 aliphatic carbocycles. The number of amides is 1. The number of methoxy groups -OCH3 is 1. The van der Waals surface area contributed by atoms with E-state index in [-0.39, 0.29) is 23.0 Å². The van der Waals surface area contributed by atoms with Gasteiger partial charge in [0.15, 0.2) is 0 Å². The van der Waals surface area contributed by atoms with Gasteiger partial charge in [-0.15, -0.1) is 0 Å². The molecule has 1 rings (SSSR count). The van der Waals surface area contributed by atoms with Gasteiger partial charge in [0.1, 0.15) is 11.4 Å². The maximum absolute atomic E-state index is 11.6. The van der Waals surface area contributed by atoms with Crippen LogP contribution in [0.25, 0.3) is 0 Å². The number of benzene rings is 1. The summed E-state index contributed by atoms with van der Waals surface area (Å²) in [5.74, 6) is 0.693. The lowest BCUT2D eigenvalue weighted by Crippen LogP contribution is -2.15. The smallest absolute Gasteiger partial charge is 0.296 e. The van der Waals surface area contributed by atoms with Gasteiger partial charge in [0.2, 0.25) is 5.91 Å². The van der Waals surface area contributed by atoms with Crippen molar-refractivity contribution in [1.82, 2.24) is 0 Å². The number of anilines is 1. The first-order valence-electron chi connectivity index (χ1n) is 5.65. The Morgan fingerprint density at radius 3 is 2.95 bits per heavy atom. The fraction of sp³-hybridized carbons (Fsp3) is 0.333. The topological polar surface area (TPSA) is 105 Å². The first kappa shape index (κ1) is 15.8. The van der Waals surface area contributed by atoms with E-state index in [1.165, 1.54) is 37.1 Å². The standard InChI is InChI=1S/C12H13N3O4S/c1-19-9-3-4-10(11(7-9)15(17)18)14-12(16)8-20-6-2-5-13/h3-4,7H,2,6,8H2,1H3,(H,14,16). The normalized spacial score (nSPS) is 9.60. The number of hydrogen-bond donors (Lipinski definition) is 1. The number of nitro benzene ring substituents is 1. The number of carbonyl (C=O) groups is 1. The Balaban J connectivity index is 2.69. The van der Waals surface area contributed by atoms with Gasteiger partial charge in [0.05, 0.1) is 29.9 Å². The fourth-order valence-corrected chi connectivity index (χ4v) is 2.00. The maximum Gasteiger partial charge on any atom is 0.296 e. The highest BCUT2D eigenvalue weighted by atomic mass is 32.2. The molecule has 0 atom stereocenters. The van der Waals surface area contributed by atoms with Crippen LogP contribution in [0.3, 0.4) is 0 Å². The Bertz CT molecular complexity index is 542. The number of nitriles is 1. The molecular weight excluding hydrogens is 282 g/mol. The predicted molar refractivity (Wildman–Crippen MR) is 75.8 cm³/mol. The van der Waals surface area contributed by atoms with Crippen molar-refractivity contribution in [1.29, 1.82) is 5.26 Å². The van der Waals surface area contributed by atoms with Crippen LogP contribution in [-0.4, -0.2) is 29.4 Å². The molecule has 0 aliphatic rings. The van der Waals surface area contributed by atoms with Crippen LogP contribution in [0.4, 0.5) is 11.4 Å². The maximum atomic E-state index is 11.6. The average molecular weight is 295 g/mol. The molecule has 0 heterocycles. The zero-order valence-corrected chi connectivity index (χ0v) is 11.6. The lowest BCUT2D eigenvalue weighted by atomic mass is 10.2. The van der Waals surface area contributed by atoms with Crippen LogP contribution < -0.4 is 10.1 Å². The molecule has 0 fully saturated rings. The van der Waals surface area contributed by atoms with Gasteiger partial charge >= 0.3 is 0 Å².